The molecule has 2 aromatic rings. The summed E-state index contributed by atoms with van der Waals surface area (Å²) in [6.07, 6.45) is 1.19. The highest BCUT2D eigenvalue weighted by atomic mass is 16.5. The van der Waals surface area contributed by atoms with E-state index >= 15 is 0 Å². The summed E-state index contributed by atoms with van der Waals surface area (Å²) < 4.78 is 6.58. The van der Waals surface area contributed by atoms with E-state index in [1.54, 1.807) is 27.8 Å². The Morgan fingerprint density at radius 2 is 1.80 bits per heavy atom. The van der Waals surface area contributed by atoms with Gasteiger partial charge in [0.2, 0.25) is 0 Å². The summed E-state index contributed by atoms with van der Waals surface area (Å²) in [5.74, 6) is -0.764. The number of likely N-dealkylation sites (N-methyl/N-ethyl adjacent to an activating group) is 1. The molecule has 1 amide bonds. The second-order valence-electron chi connectivity index (χ2n) is 8.39. The van der Waals surface area contributed by atoms with Crippen LogP contribution in [0.1, 0.15) is 39.0 Å². The second kappa shape index (κ2) is 9.56. The van der Waals surface area contributed by atoms with E-state index in [9.17, 15) is 14.4 Å². The molecule has 0 bridgehead atoms. The van der Waals surface area contributed by atoms with Crippen molar-refractivity contribution in [2.75, 3.05) is 7.05 Å². The molecule has 8 heteroatoms. The van der Waals surface area contributed by atoms with Crippen molar-refractivity contribution in [2.45, 2.75) is 52.7 Å². The van der Waals surface area contributed by atoms with Crippen molar-refractivity contribution in [2.24, 2.45) is 5.41 Å². The van der Waals surface area contributed by atoms with E-state index in [0.29, 0.717) is 12.1 Å². The van der Waals surface area contributed by atoms with Gasteiger partial charge in [-0.05, 0) is 33.3 Å². The fraction of sp³-hybridized carbons (Fsp3) is 0.455. The summed E-state index contributed by atoms with van der Waals surface area (Å²) in [5.41, 5.74) is 0.706. The molecule has 0 fully saturated rings. The molecule has 1 N–H and O–H groups in total. The Kier molecular flexibility index (Phi) is 7.37. The van der Waals surface area contributed by atoms with Crippen molar-refractivity contribution in [3.63, 3.8) is 0 Å². The van der Waals surface area contributed by atoms with Crippen LogP contribution in [-0.4, -0.2) is 56.7 Å². The molecule has 2 rings (SSSR count). The van der Waals surface area contributed by atoms with Gasteiger partial charge in [-0.3, -0.25) is 9.59 Å². The molecule has 0 aliphatic carbocycles. The van der Waals surface area contributed by atoms with Gasteiger partial charge in [-0.1, -0.05) is 30.3 Å². The molecule has 0 aliphatic rings. The molecule has 162 valence electrons. The molecule has 0 aliphatic heterocycles. The first kappa shape index (κ1) is 23.1. The van der Waals surface area contributed by atoms with Crippen LogP contribution in [0.4, 0.5) is 4.79 Å². The van der Waals surface area contributed by atoms with E-state index in [1.165, 1.54) is 17.4 Å². The highest BCUT2D eigenvalue weighted by Gasteiger charge is 2.33. The molecule has 8 nitrogen and oxygen atoms in total. The molecular formula is C22H29N3O5. The summed E-state index contributed by atoms with van der Waals surface area (Å²) >= 11 is 0. The quantitative estimate of drug-likeness (QED) is 0.698. The summed E-state index contributed by atoms with van der Waals surface area (Å²) in [6, 6.07) is 9.11. The number of carbonyl (C=O) groups is 3. The second-order valence-corrected chi connectivity index (χ2v) is 8.39. The Labute approximate surface area is 176 Å². The Morgan fingerprint density at radius 3 is 2.33 bits per heavy atom. The number of rotatable bonds is 7. The highest BCUT2D eigenvalue weighted by Crippen LogP contribution is 2.19. The number of carboxylic acid groups (broad SMARTS) is 1. The molecule has 0 unspecified atom stereocenters. The average Bonchev–Trinajstić information content (AvgIpc) is 3.15. The predicted molar refractivity (Wildman–Crippen MR) is 111 cm³/mol. The topological polar surface area (TPSA) is 102 Å². The maximum Gasteiger partial charge on any atom is 0.416 e. The molecule has 0 saturated carbocycles. The van der Waals surface area contributed by atoms with Gasteiger partial charge in [0.25, 0.3) is 5.91 Å². The Balaban J connectivity index is 2.15. The Hall–Kier alpha value is -3.16. The van der Waals surface area contributed by atoms with Gasteiger partial charge in [0, 0.05) is 32.1 Å². The molecule has 1 heterocycles. The van der Waals surface area contributed by atoms with Crippen LogP contribution in [0.25, 0.3) is 0 Å². The number of benzene rings is 1. The van der Waals surface area contributed by atoms with Crippen molar-refractivity contribution in [3.8, 4) is 0 Å². The highest BCUT2D eigenvalue weighted by molar-refractivity contribution is 5.85. The number of esters is 1. The van der Waals surface area contributed by atoms with E-state index in [1.807, 2.05) is 37.3 Å². The van der Waals surface area contributed by atoms with Gasteiger partial charge >= 0.3 is 12.1 Å². The van der Waals surface area contributed by atoms with Crippen LogP contribution in [0.5, 0.6) is 0 Å². The SMILES string of the molecule is C[C@H](Cc1cn(C(=O)O)cn1)N(C)C(=O)[C@H](Cc1ccccc1)OC(=O)C(C)(C)C. The lowest BCUT2D eigenvalue weighted by atomic mass is 9.97. The zero-order valence-corrected chi connectivity index (χ0v) is 18.0. The smallest absolute Gasteiger partial charge is 0.416 e. The van der Waals surface area contributed by atoms with Crippen molar-refractivity contribution in [1.82, 2.24) is 14.5 Å². The maximum atomic E-state index is 13.2. The Morgan fingerprint density at radius 1 is 1.17 bits per heavy atom. The number of ether oxygens (including phenoxy) is 1. The van der Waals surface area contributed by atoms with Crippen molar-refractivity contribution in [1.29, 1.82) is 0 Å². The van der Waals surface area contributed by atoms with E-state index < -0.39 is 23.6 Å². The van der Waals surface area contributed by atoms with Crippen LogP contribution in [0.3, 0.4) is 0 Å². The molecular weight excluding hydrogens is 386 g/mol. The minimum absolute atomic E-state index is 0.270. The number of aromatic nitrogens is 2. The van der Waals surface area contributed by atoms with Gasteiger partial charge in [0.05, 0.1) is 11.1 Å². The van der Waals surface area contributed by atoms with Gasteiger partial charge in [-0.15, -0.1) is 0 Å². The van der Waals surface area contributed by atoms with Gasteiger partial charge in [-0.2, -0.15) is 0 Å². The summed E-state index contributed by atoms with van der Waals surface area (Å²) in [7, 11) is 1.64. The predicted octanol–water partition coefficient (Wildman–Crippen LogP) is 3.00. The fourth-order valence-electron chi connectivity index (χ4n) is 2.77. The summed E-state index contributed by atoms with van der Waals surface area (Å²) in [5, 5.41) is 9.00. The van der Waals surface area contributed by atoms with E-state index in [-0.39, 0.29) is 18.4 Å². The first-order valence-electron chi connectivity index (χ1n) is 9.77. The normalized spacial score (nSPS) is 13.4. The number of hydrogen-bond donors (Lipinski definition) is 1. The summed E-state index contributed by atoms with van der Waals surface area (Å²) in [4.78, 5) is 42.2. The zero-order chi connectivity index (χ0) is 22.5. The Bertz CT molecular complexity index is 886. The van der Waals surface area contributed by atoms with Crippen molar-refractivity contribution >= 4 is 18.0 Å². The number of imidazole rings is 1. The third-order valence-electron chi connectivity index (χ3n) is 4.77. The molecule has 30 heavy (non-hydrogen) atoms. The van der Waals surface area contributed by atoms with Crippen molar-refractivity contribution < 1.29 is 24.2 Å². The zero-order valence-electron chi connectivity index (χ0n) is 18.0. The molecule has 2 atom stereocenters. The number of amides is 1. The molecule has 0 radical (unpaired) electrons. The van der Waals surface area contributed by atoms with Crippen LogP contribution >= 0.6 is 0 Å². The first-order valence-corrected chi connectivity index (χ1v) is 9.77. The number of carbonyl (C=O) groups excluding carboxylic acids is 2. The lowest BCUT2D eigenvalue weighted by Gasteiger charge is -2.30. The minimum Gasteiger partial charge on any atom is -0.464 e. The van der Waals surface area contributed by atoms with E-state index in [2.05, 4.69) is 4.98 Å². The maximum absolute atomic E-state index is 13.2. The first-order chi connectivity index (χ1) is 14.0. The van der Waals surface area contributed by atoms with Crippen LogP contribution in [0, 0.1) is 5.41 Å². The molecule has 0 saturated heterocycles. The van der Waals surface area contributed by atoms with E-state index in [0.717, 1.165) is 10.1 Å². The van der Waals surface area contributed by atoms with Gasteiger partial charge in [0.15, 0.2) is 6.10 Å². The van der Waals surface area contributed by atoms with E-state index in [4.69, 9.17) is 9.84 Å². The lowest BCUT2D eigenvalue weighted by Crippen LogP contribution is -2.46. The molecule has 1 aromatic heterocycles. The fourth-order valence-corrected chi connectivity index (χ4v) is 2.77. The van der Waals surface area contributed by atoms with Gasteiger partial charge < -0.3 is 14.7 Å². The van der Waals surface area contributed by atoms with Gasteiger partial charge in [0.1, 0.15) is 6.33 Å². The monoisotopic (exact) mass is 415 g/mol. The number of nitrogens with zero attached hydrogens (tertiary/aromatic N) is 3. The molecule has 1 aromatic carbocycles. The van der Waals surface area contributed by atoms with Crippen LogP contribution < -0.4 is 0 Å². The summed E-state index contributed by atoms with van der Waals surface area (Å²) in [6.45, 7) is 7.06. The third kappa shape index (κ3) is 6.17. The lowest BCUT2D eigenvalue weighted by molar-refractivity contribution is -0.167. The standard InChI is InChI=1S/C22H29N3O5/c1-15(11-17-13-25(14-23-17)21(28)29)24(5)19(26)18(30-20(27)22(2,3)4)12-16-9-7-6-8-10-16/h6-10,13-15,18H,11-12H2,1-5H3,(H,28,29)/t15-,18+/m1/s1. The van der Waals surface area contributed by atoms with Crippen LogP contribution in [0.2, 0.25) is 0 Å². The van der Waals surface area contributed by atoms with Crippen LogP contribution in [0.15, 0.2) is 42.9 Å². The minimum atomic E-state index is -1.12. The number of hydrogen-bond acceptors (Lipinski definition) is 5. The average molecular weight is 415 g/mol. The third-order valence-corrected chi connectivity index (χ3v) is 4.77. The largest absolute Gasteiger partial charge is 0.464 e. The van der Waals surface area contributed by atoms with Crippen LogP contribution in [-0.2, 0) is 27.2 Å². The molecule has 0 spiro atoms. The van der Waals surface area contributed by atoms with Crippen molar-refractivity contribution in [3.05, 3.63) is 54.1 Å². The van der Waals surface area contributed by atoms with Gasteiger partial charge in [-0.25, -0.2) is 14.3 Å².